The molecule has 0 aliphatic carbocycles. The monoisotopic (exact) mass is 657 g/mol. The number of halogens is 2. The second-order valence-corrected chi connectivity index (χ2v) is 11.7. The van der Waals surface area contributed by atoms with Crippen molar-refractivity contribution in [3.8, 4) is 28.2 Å². The van der Waals surface area contributed by atoms with Crippen molar-refractivity contribution in [2.75, 3.05) is 10.3 Å². The number of hydrogen-bond donors (Lipinski definition) is 3. The van der Waals surface area contributed by atoms with Gasteiger partial charge in [-0.15, -0.1) is 0 Å². The molecule has 5 N–H and O–H groups in total. The number of hydrazine groups is 1. The molecule has 2 atom stereocenters. The Morgan fingerprint density at radius 3 is 2.67 bits per heavy atom. The van der Waals surface area contributed by atoms with Crippen LogP contribution in [0.25, 0.3) is 28.2 Å². The summed E-state index contributed by atoms with van der Waals surface area (Å²) in [5.74, 6) is 5.74. The molecule has 5 aromatic rings. The first-order chi connectivity index (χ1) is 22.2. The zero-order valence-electron chi connectivity index (χ0n) is 24.6. The Hall–Kier alpha value is -5.11. The standard InChI is InChI=1S/C31H29Cl2N11O2/c1-18-3-2-4-27(42-17-39-23(11-29(42)45)22-10-20(32)5-6-26(22)43(35)15-28(33)34)24-9-19(7-8-38-24)30-25(40-31(18)46)14-44(41-30)21-12-36-16-37-13-21/h5-18,27H,2-4,34-35H2,1H3,(H,40,46)/b28-15-. The summed E-state index contributed by atoms with van der Waals surface area (Å²) >= 11 is 12.1. The topological polar surface area (TPSA) is 176 Å². The van der Waals surface area contributed by atoms with Gasteiger partial charge >= 0.3 is 0 Å². The van der Waals surface area contributed by atoms with Crippen molar-refractivity contribution in [2.24, 2.45) is 17.5 Å². The minimum atomic E-state index is -0.472. The quantitative estimate of drug-likeness (QED) is 0.137. The van der Waals surface area contributed by atoms with Gasteiger partial charge in [0.15, 0.2) is 0 Å². The van der Waals surface area contributed by atoms with Crippen LogP contribution in [0.2, 0.25) is 5.02 Å². The van der Waals surface area contributed by atoms with Crippen LogP contribution in [0, 0.1) is 5.92 Å². The molecule has 6 rings (SSSR count). The van der Waals surface area contributed by atoms with Crippen LogP contribution in [-0.4, -0.2) is 40.2 Å². The molecule has 2 bridgehead atoms. The van der Waals surface area contributed by atoms with Gasteiger partial charge in [0.05, 0.1) is 59.9 Å². The molecule has 1 aromatic carbocycles. The Morgan fingerprint density at radius 2 is 1.91 bits per heavy atom. The van der Waals surface area contributed by atoms with E-state index in [1.54, 1.807) is 52.2 Å². The number of rotatable bonds is 5. The van der Waals surface area contributed by atoms with E-state index in [0.717, 1.165) is 0 Å². The molecule has 1 aliphatic rings. The van der Waals surface area contributed by atoms with E-state index < -0.39 is 6.04 Å². The van der Waals surface area contributed by atoms with Crippen molar-refractivity contribution in [1.29, 1.82) is 0 Å². The summed E-state index contributed by atoms with van der Waals surface area (Å²) in [6.45, 7) is 1.88. The van der Waals surface area contributed by atoms with Gasteiger partial charge in [-0.05, 0) is 43.2 Å². The fourth-order valence-corrected chi connectivity index (χ4v) is 5.64. The van der Waals surface area contributed by atoms with Crippen molar-refractivity contribution in [2.45, 2.75) is 32.2 Å². The zero-order valence-corrected chi connectivity index (χ0v) is 26.1. The van der Waals surface area contributed by atoms with E-state index in [2.05, 4.69) is 25.3 Å². The second-order valence-electron chi connectivity index (χ2n) is 10.8. The van der Waals surface area contributed by atoms with Crippen LogP contribution in [0.5, 0.6) is 0 Å². The Bertz CT molecular complexity index is 1990. The summed E-state index contributed by atoms with van der Waals surface area (Å²) in [5.41, 5.74) is 9.73. The zero-order chi connectivity index (χ0) is 32.4. The average molecular weight is 659 g/mol. The number of amides is 1. The molecule has 0 saturated carbocycles. The van der Waals surface area contributed by atoms with Gasteiger partial charge in [0.2, 0.25) is 5.91 Å². The number of nitrogens with zero attached hydrogens (tertiary/aromatic N) is 8. The summed E-state index contributed by atoms with van der Waals surface area (Å²) in [7, 11) is 0. The number of fused-ring (bicyclic) bond motifs is 4. The van der Waals surface area contributed by atoms with Gasteiger partial charge in [0.25, 0.3) is 5.56 Å². The number of hydrogen-bond acceptors (Lipinski definition) is 10. The van der Waals surface area contributed by atoms with Crippen LogP contribution in [0.3, 0.4) is 0 Å². The van der Waals surface area contributed by atoms with Crippen molar-refractivity contribution in [3.63, 3.8) is 0 Å². The third-order valence-electron chi connectivity index (χ3n) is 7.69. The second kappa shape index (κ2) is 13.1. The predicted molar refractivity (Wildman–Crippen MR) is 176 cm³/mol. The maximum atomic E-state index is 13.8. The van der Waals surface area contributed by atoms with Crippen LogP contribution in [0.15, 0.2) is 90.0 Å². The van der Waals surface area contributed by atoms with Crippen LogP contribution in [0.4, 0.5) is 11.4 Å². The Labute approximate surface area is 273 Å². The lowest BCUT2D eigenvalue weighted by Gasteiger charge is -2.22. The summed E-state index contributed by atoms with van der Waals surface area (Å²) in [4.78, 5) is 44.4. The third kappa shape index (κ3) is 6.47. The Kier molecular flexibility index (Phi) is 8.79. The van der Waals surface area contributed by atoms with E-state index in [0.29, 0.717) is 69.6 Å². The minimum Gasteiger partial charge on any atom is -0.388 e. The normalized spacial score (nSPS) is 17.0. The highest BCUT2D eigenvalue weighted by molar-refractivity contribution is 6.31. The van der Waals surface area contributed by atoms with Gasteiger partial charge in [-0.2, -0.15) is 5.10 Å². The van der Waals surface area contributed by atoms with Crippen LogP contribution >= 0.6 is 23.2 Å². The Balaban J connectivity index is 1.43. The van der Waals surface area contributed by atoms with E-state index in [-0.39, 0.29) is 22.5 Å². The fourth-order valence-electron chi connectivity index (χ4n) is 5.36. The number of anilines is 2. The van der Waals surface area contributed by atoms with E-state index in [1.165, 1.54) is 29.9 Å². The highest BCUT2D eigenvalue weighted by Crippen LogP contribution is 2.34. The van der Waals surface area contributed by atoms with Crippen molar-refractivity contribution in [3.05, 3.63) is 106 Å². The van der Waals surface area contributed by atoms with E-state index in [1.807, 2.05) is 19.1 Å². The molecule has 234 valence electrons. The van der Waals surface area contributed by atoms with Crippen molar-refractivity contribution >= 4 is 40.5 Å². The Morgan fingerprint density at radius 1 is 1.11 bits per heavy atom. The molecule has 0 radical (unpaired) electrons. The molecule has 5 heterocycles. The molecule has 13 nitrogen and oxygen atoms in total. The molecule has 0 fully saturated rings. The summed E-state index contributed by atoms with van der Waals surface area (Å²) in [6.07, 6.45) is 12.7. The van der Waals surface area contributed by atoms with Crippen LogP contribution < -0.4 is 27.5 Å². The third-order valence-corrected chi connectivity index (χ3v) is 8.02. The highest BCUT2D eigenvalue weighted by Gasteiger charge is 2.24. The average Bonchev–Trinajstić information content (AvgIpc) is 3.46. The largest absolute Gasteiger partial charge is 0.388 e. The molecular formula is C31H29Cl2N11O2. The SMILES string of the molecule is CC1CCCC(n2cnc(-c3cc(Cl)ccc3N(N)/C=C(\N)Cl)cc2=O)c2cc(ccn2)-c2nn(-c3cncnc3)cc2NC1=O. The molecule has 15 heteroatoms. The lowest BCUT2D eigenvalue weighted by molar-refractivity contribution is -0.119. The smallest absolute Gasteiger partial charge is 0.254 e. The molecule has 1 amide bonds. The molecule has 0 spiro atoms. The minimum absolute atomic E-state index is 0.0243. The van der Waals surface area contributed by atoms with Crippen LogP contribution in [0.1, 0.15) is 37.9 Å². The van der Waals surface area contributed by atoms with Gasteiger partial charge in [-0.25, -0.2) is 25.5 Å². The summed E-state index contributed by atoms with van der Waals surface area (Å²) in [5, 5.41) is 9.44. The van der Waals surface area contributed by atoms with Crippen molar-refractivity contribution < 1.29 is 4.79 Å². The van der Waals surface area contributed by atoms with Crippen molar-refractivity contribution in [1.82, 2.24) is 34.3 Å². The van der Waals surface area contributed by atoms with Gasteiger partial charge in [0.1, 0.15) is 22.9 Å². The number of aromatic nitrogens is 7. The van der Waals surface area contributed by atoms with Gasteiger partial charge < -0.3 is 11.1 Å². The summed E-state index contributed by atoms with van der Waals surface area (Å²) in [6, 6.07) is 9.64. The molecule has 46 heavy (non-hydrogen) atoms. The highest BCUT2D eigenvalue weighted by atomic mass is 35.5. The van der Waals surface area contributed by atoms with E-state index in [4.69, 9.17) is 39.9 Å². The number of nitrogens with two attached hydrogens (primary N) is 2. The van der Waals surface area contributed by atoms with Gasteiger partial charge in [0, 0.05) is 34.3 Å². The van der Waals surface area contributed by atoms with Crippen LogP contribution in [-0.2, 0) is 4.79 Å². The van der Waals surface area contributed by atoms with E-state index in [9.17, 15) is 9.59 Å². The molecule has 4 aromatic heterocycles. The maximum Gasteiger partial charge on any atom is 0.254 e. The number of carbonyl (C=O) groups excluding carboxylic acids is 1. The fraction of sp³-hybridized carbons (Fsp3) is 0.194. The molecule has 1 aliphatic heterocycles. The first-order valence-corrected chi connectivity index (χ1v) is 15.1. The number of benzene rings is 1. The first-order valence-electron chi connectivity index (χ1n) is 14.3. The van der Waals surface area contributed by atoms with Gasteiger partial charge in [-0.3, -0.25) is 24.1 Å². The number of pyridine rings is 1. The molecule has 0 saturated heterocycles. The first kappa shape index (κ1) is 30.9. The lowest BCUT2D eigenvalue weighted by atomic mass is 9.97. The van der Waals surface area contributed by atoms with Gasteiger partial charge in [-0.1, -0.05) is 36.5 Å². The maximum absolute atomic E-state index is 13.8. The lowest BCUT2D eigenvalue weighted by Crippen LogP contribution is -2.28. The number of carbonyl (C=O) groups is 1. The van der Waals surface area contributed by atoms with E-state index >= 15 is 0 Å². The molecular weight excluding hydrogens is 629 g/mol. The summed E-state index contributed by atoms with van der Waals surface area (Å²) < 4.78 is 3.16. The predicted octanol–water partition coefficient (Wildman–Crippen LogP) is 4.63. The molecule has 2 unspecified atom stereocenters. The number of nitrogens with one attached hydrogen (secondary N) is 1.